The number of hydrogen-bond donors (Lipinski definition) is 0. The average Bonchev–Trinajstić information content (AvgIpc) is 3.12. The van der Waals surface area contributed by atoms with Gasteiger partial charge in [-0.25, -0.2) is 9.37 Å². The smallest absolute Gasteiger partial charge is 0.133 e. The minimum atomic E-state index is -0.190. The quantitative estimate of drug-likeness (QED) is 0.807. The van der Waals surface area contributed by atoms with Crippen molar-refractivity contribution < 1.29 is 4.39 Å². The summed E-state index contributed by atoms with van der Waals surface area (Å²) in [6, 6.07) is 7.72. The number of aromatic nitrogens is 1. The largest absolute Gasteiger partial charge is 0.298 e. The molecule has 0 radical (unpaired) electrons. The molecule has 0 spiro atoms. The third-order valence-corrected chi connectivity index (χ3v) is 6.46. The van der Waals surface area contributed by atoms with Gasteiger partial charge in [-0.05, 0) is 25.0 Å². The number of hydrogen-bond acceptors (Lipinski definition) is 4. The number of benzene rings is 1. The first-order valence-electron chi connectivity index (χ1n) is 9.45. The Morgan fingerprint density at radius 3 is 2.56 bits per heavy atom. The summed E-state index contributed by atoms with van der Waals surface area (Å²) in [5.41, 5.74) is 1.68. The molecule has 0 N–H and O–H groups in total. The molecule has 5 heteroatoms. The zero-order valence-electron chi connectivity index (χ0n) is 14.7. The van der Waals surface area contributed by atoms with E-state index in [0.717, 1.165) is 36.4 Å². The Morgan fingerprint density at radius 2 is 1.80 bits per heavy atom. The SMILES string of the molecule is Fc1ccccc1-c1nc(CN2CCN(C3CCCCC3)CC2)cs1. The van der Waals surface area contributed by atoms with Crippen molar-refractivity contribution in [2.75, 3.05) is 26.2 Å². The molecule has 2 aromatic rings. The molecule has 0 bridgehead atoms. The van der Waals surface area contributed by atoms with E-state index in [1.807, 2.05) is 6.07 Å². The van der Waals surface area contributed by atoms with E-state index in [-0.39, 0.29) is 5.82 Å². The zero-order valence-corrected chi connectivity index (χ0v) is 15.5. The molecule has 0 atom stereocenters. The molecule has 1 saturated heterocycles. The van der Waals surface area contributed by atoms with Crippen LogP contribution in [-0.4, -0.2) is 47.0 Å². The summed E-state index contributed by atoms with van der Waals surface area (Å²) in [4.78, 5) is 9.85. The fourth-order valence-electron chi connectivity index (χ4n) is 4.10. The molecular formula is C20H26FN3S. The summed E-state index contributed by atoms with van der Waals surface area (Å²) in [6.07, 6.45) is 7.01. The molecule has 1 aromatic heterocycles. The van der Waals surface area contributed by atoms with Gasteiger partial charge in [0, 0.05) is 49.7 Å². The van der Waals surface area contributed by atoms with E-state index < -0.39 is 0 Å². The van der Waals surface area contributed by atoms with Crippen molar-refractivity contribution in [1.82, 2.24) is 14.8 Å². The predicted octanol–water partition coefficient (Wildman–Crippen LogP) is 4.40. The molecule has 0 amide bonds. The minimum absolute atomic E-state index is 0.190. The highest BCUT2D eigenvalue weighted by Crippen LogP contribution is 2.27. The number of piperazine rings is 1. The number of thiazole rings is 1. The summed E-state index contributed by atoms with van der Waals surface area (Å²) in [5.74, 6) is -0.190. The van der Waals surface area contributed by atoms with Crippen molar-refractivity contribution in [2.45, 2.75) is 44.7 Å². The van der Waals surface area contributed by atoms with E-state index in [4.69, 9.17) is 0 Å². The van der Waals surface area contributed by atoms with Gasteiger partial charge in [-0.15, -0.1) is 11.3 Å². The maximum absolute atomic E-state index is 13.9. The Hall–Kier alpha value is -1.30. The lowest BCUT2D eigenvalue weighted by molar-refractivity contribution is 0.0750. The molecule has 25 heavy (non-hydrogen) atoms. The lowest BCUT2D eigenvalue weighted by Gasteiger charge is -2.40. The van der Waals surface area contributed by atoms with Gasteiger partial charge in [-0.1, -0.05) is 31.4 Å². The second-order valence-corrected chi connectivity index (χ2v) is 8.09. The van der Waals surface area contributed by atoms with Crippen molar-refractivity contribution >= 4 is 11.3 Å². The molecule has 2 aliphatic rings. The van der Waals surface area contributed by atoms with Crippen molar-refractivity contribution in [1.29, 1.82) is 0 Å². The summed E-state index contributed by atoms with van der Waals surface area (Å²) < 4.78 is 13.9. The van der Waals surface area contributed by atoms with Crippen LogP contribution in [0.5, 0.6) is 0 Å². The van der Waals surface area contributed by atoms with Crippen LogP contribution < -0.4 is 0 Å². The molecule has 0 unspecified atom stereocenters. The fourth-order valence-corrected chi connectivity index (χ4v) is 4.94. The van der Waals surface area contributed by atoms with E-state index in [0.29, 0.717) is 5.56 Å². The maximum atomic E-state index is 13.9. The fraction of sp³-hybridized carbons (Fsp3) is 0.550. The molecule has 1 aromatic carbocycles. The lowest BCUT2D eigenvalue weighted by Crippen LogP contribution is -2.50. The van der Waals surface area contributed by atoms with Crippen LogP contribution in [0.15, 0.2) is 29.6 Å². The van der Waals surface area contributed by atoms with Gasteiger partial charge in [0.2, 0.25) is 0 Å². The van der Waals surface area contributed by atoms with Crippen LogP contribution in [0.4, 0.5) is 4.39 Å². The second kappa shape index (κ2) is 7.94. The standard InChI is InChI=1S/C20H26FN3S/c21-19-9-5-4-8-18(19)20-22-16(15-25-20)14-23-10-12-24(13-11-23)17-6-2-1-3-7-17/h4-5,8-9,15,17H,1-3,6-7,10-14H2. The number of nitrogens with zero attached hydrogens (tertiary/aromatic N) is 3. The van der Waals surface area contributed by atoms with Crippen LogP contribution in [0.1, 0.15) is 37.8 Å². The normalized spacial score (nSPS) is 20.8. The highest BCUT2D eigenvalue weighted by Gasteiger charge is 2.25. The Balaban J connectivity index is 1.32. The zero-order chi connectivity index (χ0) is 17.1. The molecule has 2 fully saturated rings. The van der Waals surface area contributed by atoms with Crippen LogP contribution in [0.3, 0.4) is 0 Å². The monoisotopic (exact) mass is 359 g/mol. The molecule has 1 saturated carbocycles. The van der Waals surface area contributed by atoms with Gasteiger partial charge in [0.05, 0.1) is 5.69 Å². The number of halogens is 1. The Bertz CT molecular complexity index is 688. The Labute approximate surface area is 153 Å². The first-order chi connectivity index (χ1) is 12.3. The second-order valence-electron chi connectivity index (χ2n) is 7.23. The van der Waals surface area contributed by atoms with Gasteiger partial charge in [0.25, 0.3) is 0 Å². The average molecular weight is 360 g/mol. The highest BCUT2D eigenvalue weighted by molar-refractivity contribution is 7.13. The Morgan fingerprint density at radius 1 is 1.04 bits per heavy atom. The summed E-state index contributed by atoms with van der Waals surface area (Å²) >= 11 is 1.54. The van der Waals surface area contributed by atoms with Crippen LogP contribution in [0.25, 0.3) is 10.6 Å². The van der Waals surface area contributed by atoms with E-state index in [9.17, 15) is 4.39 Å². The molecule has 134 valence electrons. The van der Waals surface area contributed by atoms with Crippen molar-refractivity contribution in [2.24, 2.45) is 0 Å². The van der Waals surface area contributed by atoms with Crippen LogP contribution >= 0.6 is 11.3 Å². The van der Waals surface area contributed by atoms with Gasteiger partial charge < -0.3 is 0 Å². The van der Waals surface area contributed by atoms with E-state index >= 15 is 0 Å². The molecule has 1 aliphatic heterocycles. The van der Waals surface area contributed by atoms with Gasteiger partial charge in [0.1, 0.15) is 10.8 Å². The van der Waals surface area contributed by atoms with E-state index in [2.05, 4.69) is 20.2 Å². The first kappa shape index (κ1) is 17.1. The molecule has 3 nitrogen and oxygen atoms in total. The third-order valence-electron chi connectivity index (χ3n) is 5.54. The van der Waals surface area contributed by atoms with Gasteiger partial charge in [0.15, 0.2) is 0 Å². The van der Waals surface area contributed by atoms with Gasteiger partial charge >= 0.3 is 0 Å². The highest BCUT2D eigenvalue weighted by atomic mass is 32.1. The first-order valence-corrected chi connectivity index (χ1v) is 10.3. The minimum Gasteiger partial charge on any atom is -0.298 e. The summed E-state index contributed by atoms with van der Waals surface area (Å²) in [5, 5.41) is 2.86. The molecule has 1 aliphatic carbocycles. The summed E-state index contributed by atoms with van der Waals surface area (Å²) in [7, 11) is 0. The van der Waals surface area contributed by atoms with Crippen LogP contribution in [0, 0.1) is 5.82 Å². The lowest BCUT2D eigenvalue weighted by atomic mass is 9.94. The van der Waals surface area contributed by atoms with Crippen molar-refractivity contribution in [3.05, 3.63) is 41.2 Å². The van der Waals surface area contributed by atoms with Crippen molar-refractivity contribution in [3.63, 3.8) is 0 Å². The van der Waals surface area contributed by atoms with E-state index in [1.165, 1.54) is 51.3 Å². The Kier molecular flexibility index (Phi) is 5.44. The van der Waals surface area contributed by atoms with Gasteiger partial charge in [-0.2, -0.15) is 0 Å². The maximum Gasteiger partial charge on any atom is 0.133 e. The van der Waals surface area contributed by atoms with Gasteiger partial charge in [-0.3, -0.25) is 9.80 Å². The third kappa shape index (κ3) is 4.10. The van der Waals surface area contributed by atoms with Crippen molar-refractivity contribution in [3.8, 4) is 10.6 Å². The van der Waals surface area contributed by atoms with Crippen LogP contribution in [0.2, 0.25) is 0 Å². The molecule has 4 rings (SSSR count). The number of rotatable bonds is 4. The van der Waals surface area contributed by atoms with E-state index in [1.54, 1.807) is 23.5 Å². The molecule has 2 heterocycles. The summed E-state index contributed by atoms with van der Waals surface area (Å²) in [6.45, 7) is 5.46. The topological polar surface area (TPSA) is 19.4 Å². The van der Waals surface area contributed by atoms with Crippen LogP contribution in [-0.2, 0) is 6.54 Å². The predicted molar refractivity (Wildman–Crippen MR) is 101 cm³/mol. The molecular weight excluding hydrogens is 333 g/mol.